The van der Waals surface area contributed by atoms with Gasteiger partial charge in [-0.1, -0.05) is 0 Å². The summed E-state index contributed by atoms with van der Waals surface area (Å²) in [7, 11) is 1.66. The van der Waals surface area contributed by atoms with E-state index in [1.165, 1.54) is 6.07 Å². The van der Waals surface area contributed by atoms with Crippen molar-refractivity contribution >= 4 is 22.5 Å². The van der Waals surface area contributed by atoms with Gasteiger partial charge in [0.15, 0.2) is 5.82 Å². The first-order chi connectivity index (χ1) is 13.9. The van der Waals surface area contributed by atoms with Gasteiger partial charge >= 0.3 is 0 Å². The molecular formula is C21H25FN6O. The zero-order valence-electron chi connectivity index (χ0n) is 17.3. The Morgan fingerprint density at radius 3 is 2.72 bits per heavy atom. The van der Waals surface area contributed by atoms with Crippen molar-refractivity contribution in [3.63, 3.8) is 0 Å². The molecule has 0 amide bonds. The van der Waals surface area contributed by atoms with Crippen LogP contribution in [0.2, 0.25) is 0 Å². The molecule has 7 nitrogen and oxygen atoms in total. The topological polar surface area (TPSA) is 69.3 Å². The van der Waals surface area contributed by atoms with Crippen molar-refractivity contribution in [3.05, 3.63) is 42.2 Å². The molecule has 0 radical (unpaired) electrons. The molecule has 1 N–H and O–H groups in total. The Kier molecular flexibility index (Phi) is 4.96. The minimum atomic E-state index is -0.327. The molecule has 1 aromatic carbocycles. The van der Waals surface area contributed by atoms with Gasteiger partial charge in [0.25, 0.3) is 0 Å². The Morgan fingerprint density at radius 2 is 2.00 bits per heavy atom. The SMILES string of the molecule is COC[C@@H](C)Nc1ncc2c(-c3cc(F)c4nc(C)n(C(C)C)c4c3)ccn2n1. The summed E-state index contributed by atoms with van der Waals surface area (Å²) in [5.74, 6) is 0.989. The Labute approximate surface area is 168 Å². The van der Waals surface area contributed by atoms with E-state index in [0.29, 0.717) is 18.1 Å². The highest BCUT2D eigenvalue weighted by atomic mass is 19.1. The van der Waals surface area contributed by atoms with Gasteiger partial charge in [-0.3, -0.25) is 0 Å². The normalized spacial score (nSPS) is 12.9. The Bertz CT molecular complexity index is 1180. The van der Waals surface area contributed by atoms with Crippen molar-refractivity contribution in [3.8, 4) is 11.1 Å². The van der Waals surface area contributed by atoms with Gasteiger partial charge in [0.2, 0.25) is 5.95 Å². The van der Waals surface area contributed by atoms with Crippen LogP contribution in [0.1, 0.15) is 32.6 Å². The molecular weight excluding hydrogens is 371 g/mol. The second-order valence-electron chi connectivity index (χ2n) is 7.59. The average molecular weight is 396 g/mol. The van der Waals surface area contributed by atoms with Crippen LogP contribution in [0.3, 0.4) is 0 Å². The summed E-state index contributed by atoms with van der Waals surface area (Å²) >= 11 is 0. The van der Waals surface area contributed by atoms with Gasteiger partial charge in [0.05, 0.1) is 23.8 Å². The van der Waals surface area contributed by atoms with E-state index in [0.717, 1.165) is 28.0 Å². The van der Waals surface area contributed by atoms with Crippen LogP contribution < -0.4 is 5.32 Å². The number of aryl methyl sites for hydroxylation is 1. The summed E-state index contributed by atoms with van der Waals surface area (Å²) in [5, 5.41) is 7.71. The molecule has 0 bridgehead atoms. The summed E-state index contributed by atoms with van der Waals surface area (Å²) in [5.41, 5.74) is 3.65. The van der Waals surface area contributed by atoms with Crippen LogP contribution in [0, 0.1) is 12.7 Å². The lowest BCUT2D eigenvalue weighted by Crippen LogP contribution is -2.22. The average Bonchev–Trinajstić information content (AvgIpc) is 3.22. The van der Waals surface area contributed by atoms with Crippen LogP contribution in [0.15, 0.2) is 30.6 Å². The third-order valence-corrected chi connectivity index (χ3v) is 4.96. The van der Waals surface area contributed by atoms with Crippen LogP contribution in [0.25, 0.3) is 27.7 Å². The standard InChI is InChI=1S/C21H25FN6O/c1-12(2)28-14(4)25-20-17(22)8-15(9-18(20)28)16-6-7-27-19(16)10-23-21(26-27)24-13(3)11-29-5/h6-10,12-13H,11H2,1-5H3,(H,24,26)/t13-/m1/s1. The highest BCUT2D eigenvalue weighted by Gasteiger charge is 2.17. The number of aromatic nitrogens is 5. The van der Waals surface area contributed by atoms with Crippen LogP contribution in [0.5, 0.6) is 0 Å². The van der Waals surface area contributed by atoms with Gasteiger partial charge in [-0.25, -0.2) is 18.9 Å². The maximum absolute atomic E-state index is 14.8. The number of methoxy groups -OCH3 is 1. The second-order valence-corrected chi connectivity index (χ2v) is 7.59. The molecule has 0 saturated heterocycles. The zero-order chi connectivity index (χ0) is 20.7. The number of nitrogens with zero attached hydrogens (tertiary/aromatic N) is 5. The summed E-state index contributed by atoms with van der Waals surface area (Å²) in [6, 6.07) is 5.72. The number of nitrogens with one attached hydrogen (secondary N) is 1. The number of benzene rings is 1. The molecule has 0 aliphatic rings. The highest BCUT2D eigenvalue weighted by Crippen LogP contribution is 2.31. The van der Waals surface area contributed by atoms with Crippen molar-refractivity contribution in [2.75, 3.05) is 19.0 Å². The minimum absolute atomic E-state index is 0.0866. The Morgan fingerprint density at radius 1 is 1.21 bits per heavy atom. The number of hydrogen-bond donors (Lipinski definition) is 1. The van der Waals surface area contributed by atoms with Gasteiger partial charge in [0.1, 0.15) is 11.3 Å². The van der Waals surface area contributed by atoms with Crippen LogP contribution >= 0.6 is 0 Å². The first-order valence-electron chi connectivity index (χ1n) is 9.67. The van der Waals surface area contributed by atoms with Crippen molar-refractivity contribution < 1.29 is 9.13 Å². The van der Waals surface area contributed by atoms with Gasteiger partial charge in [-0.2, -0.15) is 0 Å². The monoisotopic (exact) mass is 396 g/mol. The number of ether oxygens (including phenoxy) is 1. The fraction of sp³-hybridized carbons (Fsp3) is 0.381. The van der Waals surface area contributed by atoms with Crippen LogP contribution in [0.4, 0.5) is 10.3 Å². The molecule has 3 heterocycles. The largest absolute Gasteiger partial charge is 0.383 e. The van der Waals surface area contributed by atoms with E-state index in [1.807, 2.05) is 32.2 Å². The molecule has 4 aromatic rings. The van der Waals surface area contributed by atoms with Crippen molar-refractivity contribution in [1.29, 1.82) is 0 Å². The molecule has 0 fully saturated rings. The molecule has 0 saturated carbocycles. The summed E-state index contributed by atoms with van der Waals surface area (Å²) in [6.45, 7) is 8.59. The van der Waals surface area contributed by atoms with Crippen LogP contribution in [-0.2, 0) is 4.74 Å². The molecule has 0 aliphatic heterocycles. The smallest absolute Gasteiger partial charge is 0.241 e. The van der Waals surface area contributed by atoms with E-state index in [4.69, 9.17) is 4.74 Å². The van der Waals surface area contributed by atoms with E-state index >= 15 is 0 Å². The van der Waals surface area contributed by atoms with Crippen molar-refractivity contribution in [2.45, 2.75) is 39.8 Å². The Balaban J connectivity index is 1.78. The van der Waals surface area contributed by atoms with Gasteiger partial charge in [-0.05, 0) is 51.5 Å². The first-order valence-corrected chi connectivity index (χ1v) is 9.67. The lowest BCUT2D eigenvalue weighted by atomic mass is 10.1. The van der Waals surface area contributed by atoms with E-state index < -0.39 is 0 Å². The fourth-order valence-electron chi connectivity index (χ4n) is 3.80. The van der Waals surface area contributed by atoms with Crippen molar-refractivity contribution in [2.24, 2.45) is 0 Å². The number of anilines is 1. The van der Waals surface area contributed by atoms with E-state index in [1.54, 1.807) is 17.8 Å². The Hall–Kier alpha value is -3.00. The van der Waals surface area contributed by atoms with Gasteiger partial charge < -0.3 is 14.6 Å². The first kappa shape index (κ1) is 19.3. The van der Waals surface area contributed by atoms with E-state index in [2.05, 4.69) is 38.8 Å². The van der Waals surface area contributed by atoms with Gasteiger partial charge in [0, 0.05) is 31.0 Å². The predicted molar refractivity (Wildman–Crippen MR) is 112 cm³/mol. The third kappa shape index (κ3) is 3.44. The molecule has 4 rings (SSSR count). The third-order valence-electron chi connectivity index (χ3n) is 4.96. The predicted octanol–water partition coefficient (Wildman–Crippen LogP) is 4.22. The fourth-order valence-corrected chi connectivity index (χ4v) is 3.80. The molecule has 1 atom stereocenters. The molecule has 152 valence electrons. The van der Waals surface area contributed by atoms with E-state index in [-0.39, 0.29) is 17.9 Å². The van der Waals surface area contributed by atoms with Crippen molar-refractivity contribution in [1.82, 2.24) is 24.1 Å². The summed E-state index contributed by atoms with van der Waals surface area (Å²) in [4.78, 5) is 8.82. The molecule has 0 unspecified atom stereocenters. The second kappa shape index (κ2) is 7.44. The summed E-state index contributed by atoms with van der Waals surface area (Å²) in [6.07, 6.45) is 3.60. The highest BCUT2D eigenvalue weighted by molar-refractivity contribution is 5.88. The molecule has 0 spiro atoms. The number of imidazole rings is 1. The zero-order valence-corrected chi connectivity index (χ0v) is 17.3. The van der Waals surface area contributed by atoms with Gasteiger partial charge in [-0.15, -0.1) is 5.10 Å². The summed E-state index contributed by atoms with van der Waals surface area (Å²) < 4.78 is 23.8. The molecule has 29 heavy (non-hydrogen) atoms. The number of hydrogen-bond acceptors (Lipinski definition) is 5. The van der Waals surface area contributed by atoms with Crippen LogP contribution in [-0.4, -0.2) is 43.9 Å². The maximum atomic E-state index is 14.8. The lowest BCUT2D eigenvalue weighted by Gasteiger charge is -2.12. The quantitative estimate of drug-likeness (QED) is 0.528. The van der Waals surface area contributed by atoms with E-state index in [9.17, 15) is 4.39 Å². The maximum Gasteiger partial charge on any atom is 0.241 e. The molecule has 8 heteroatoms. The molecule has 0 aliphatic carbocycles. The number of fused-ring (bicyclic) bond motifs is 2. The number of halogens is 1. The minimum Gasteiger partial charge on any atom is -0.383 e. The lowest BCUT2D eigenvalue weighted by molar-refractivity contribution is 0.190. The number of rotatable bonds is 6. The molecule has 3 aromatic heterocycles.